The number of halogens is 2. The molecule has 0 unspecified atom stereocenters. The van der Waals surface area contributed by atoms with Crippen molar-refractivity contribution >= 4 is 65.0 Å². The van der Waals surface area contributed by atoms with Crippen molar-refractivity contribution < 1.29 is 9.59 Å². The van der Waals surface area contributed by atoms with Crippen molar-refractivity contribution in [3.63, 3.8) is 0 Å². The average molecular weight is 456 g/mol. The molecule has 0 bridgehead atoms. The van der Waals surface area contributed by atoms with Gasteiger partial charge in [0.1, 0.15) is 0 Å². The van der Waals surface area contributed by atoms with Crippen molar-refractivity contribution in [3.8, 4) is 0 Å². The first-order valence-corrected chi connectivity index (χ1v) is 9.55. The van der Waals surface area contributed by atoms with Gasteiger partial charge in [0.15, 0.2) is 0 Å². The van der Waals surface area contributed by atoms with Crippen molar-refractivity contribution in [2.45, 2.75) is 0 Å². The summed E-state index contributed by atoms with van der Waals surface area (Å²) in [6.07, 6.45) is 0. The van der Waals surface area contributed by atoms with Gasteiger partial charge in [-0.3, -0.25) is 0 Å². The standard InChI is InChI=1S/C8H7INO.C2H2ClO.Sn/c1-10-8(11)6-2-4-7(9)5-3-6;3-1-2-4;/h2-5H,1H2,(H,10,11);1H2;. The van der Waals surface area contributed by atoms with E-state index in [-0.39, 0.29) is 15.6 Å². The van der Waals surface area contributed by atoms with Crippen molar-refractivity contribution in [2.24, 2.45) is 0 Å². The predicted octanol–water partition coefficient (Wildman–Crippen LogP) is 1.45. The molecule has 1 N–H and O–H groups in total. The molecule has 1 aromatic carbocycles. The Hall–Kier alpha value is 0.179. The summed E-state index contributed by atoms with van der Waals surface area (Å²) in [7, 11) is 0. The Kier molecular flexibility index (Phi) is 6.67. The number of benzene rings is 1. The van der Waals surface area contributed by atoms with Gasteiger partial charge in [-0.05, 0) is 0 Å². The van der Waals surface area contributed by atoms with Crippen LogP contribution in [-0.2, 0) is 4.79 Å². The monoisotopic (exact) mass is 457 g/mol. The summed E-state index contributed by atoms with van der Waals surface area (Å²) in [6, 6.07) is 7.29. The summed E-state index contributed by atoms with van der Waals surface area (Å²) >= 11 is 6.37. The zero-order valence-corrected chi connectivity index (χ0v) is 14.1. The van der Waals surface area contributed by atoms with Crippen LogP contribution in [0.3, 0.4) is 0 Å². The number of carbonyl (C=O) groups excluding carboxylic acids is 2. The second kappa shape index (κ2) is 7.49. The minimum atomic E-state index is -1.19. The summed E-state index contributed by atoms with van der Waals surface area (Å²) in [5.74, 6) is -0.0503. The van der Waals surface area contributed by atoms with Crippen LogP contribution in [0.2, 0.25) is 0 Å². The second-order valence-electron chi connectivity index (χ2n) is 2.92. The van der Waals surface area contributed by atoms with Crippen LogP contribution in [0, 0.1) is 3.57 Å². The van der Waals surface area contributed by atoms with Gasteiger partial charge in [0.25, 0.3) is 0 Å². The molecular weight excluding hydrogens is 447 g/mol. The van der Waals surface area contributed by atoms with E-state index in [9.17, 15) is 9.59 Å². The van der Waals surface area contributed by atoms with Gasteiger partial charge in [-0.25, -0.2) is 0 Å². The first-order valence-electron chi connectivity index (χ1n) is 4.50. The third-order valence-electron chi connectivity index (χ3n) is 1.76. The van der Waals surface area contributed by atoms with E-state index in [0.717, 1.165) is 3.57 Å². The molecule has 0 saturated heterocycles. The third kappa shape index (κ3) is 5.01. The number of amides is 1. The molecule has 16 heavy (non-hydrogen) atoms. The van der Waals surface area contributed by atoms with Crippen molar-refractivity contribution in [1.82, 2.24) is 5.32 Å². The molecule has 0 aliphatic rings. The van der Waals surface area contributed by atoms with Gasteiger partial charge in [-0.1, -0.05) is 0 Å². The topological polar surface area (TPSA) is 46.2 Å². The van der Waals surface area contributed by atoms with Gasteiger partial charge in [-0.2, -0.15) is 0 Å². The summed E-state index contributed by atoms with van der Waals surface area (Å²) in [5, 5.41) is 2.74. The summed E-state index contributed by atoms with van der Waals surface area (Å²) in [4.78, 5) is 22.6. The molecule has 1 rings (SSSR count). The van der Waals surface area contributed by atoms with Gasteiger partial charge >= 0.3 is 124 Å². The van der Waals surface area contributed by atoms with Crippen LogP contribution in [0.5, 0.6) is 0 Å². The molecule has 2 radical (unpaired) electrons. The molecule has 84 valence electrons. The van der Waals surface area contributed by atoms with E-state index in [1.807, 2.05) is 12.1 Å². The number of hydrogen-bond donors (Lipinski definition) is 1. The zero-order chi connectivity index (χ0) is 12.0. The van der Waals surface area contributed by atoms with Crippen LogP contribution in [0.4, 0.5) is 0 Å². The van der Waals surface area contributed by atoms with E-state index in [0.29, 0.717) is 10.1 Å². The molecule has 0 atom stereocenters. The van der Waals surface area contributed by atoms with Crippen molar-refractivity contribution in [1.29, 1.82) is 0 Å². The second-order valence-corrected chi connectivity index (χ2v) is 8.05. The molecule has 0 aromatic heterocycles. The molecule has 1 amide bonds. The molecule has 0 aliphatic heterocycles. The van der Waals surface area contributed by atoms with Crippen molar-refractivity contribution in [3.05, 3.63) is 33.4 Å². The normalized spacial score (nSPS) is 9.88. The van der Waals surface area contributed by atoms with Crippen LogP contribution in [0.15, 0.2) is 24.3 Å². The maximum atomic E-state index is 11.6. The average Bonchev–Trinajstić information content (AvgIpc) is 2.29. The van der Waals surface area contributed by atoms with Gasteiger partial charge < -0.3 is 0 Å². The Labute approximate surface area is 123 Å². The van der Waals surface area contributed by atoms with E-state index in [2.05, 4.69) is 27.9 Å². The van der Waals surface area contributed by atoms with E-state index < -0.39 is 21.1 Å². The van der Waals surface area contributed by atoms with Gasteiger partial charge in [0.2, 0.25) is 0 Å². The third-order valence-corrected chi connectivity index (χ3v) is 6.00. The molecule has 1 aromatic rings. The minimum absolute atomic E-state index is 0.0750. The zero-order valence-electron chi connectivity index (χ0n) is 8.30. The number of hydrogen-bond acceptors (Lipinski definition) is 2. The van der Waals surface area contributed by atoms with Crippen LogP contribution in [0.25, 0.3) is 0 Å². The maximum absolute atomic E-state index is 11.6. The van der Waals surface area contributed by atoms with E-state index in [4.69, 9.17) is 11.6 Å². The van der Waals surface area contributed by atoms with Crippen LogP contribution in [-0.4, -0.2) is 41.3 Å². The molecule has 0 aliphatic carbocycles. The Morgan fingerprint density at radius 1 is 1.31 bits per heavy atom. The van der Waals surface area contributed by atoms with E-state index in [1.165, 1.54) is 0 Å². The summed E-state index contributed by atoms with van der Waals surface area (Å²) in [5.41, 5.74) is 0.623. The fourth-order valence-electron chi connectivity index (χ4n) is 0.974. The first-order chi connectivity index (χ1) is 7.63. The SMILES string of the molecule is O=[C](CCl)[Sn][CH2]NC(=O)c1ccc(I)cc1. The fraction of sp³-hybridized carbons (Fsp3) is 0.200. The quantitative estimate of drug-likeness (QED) is 0.415. The molecule has 0 saturated carbocycles. The fourth-order valence-corrected chi connectivity index (χ4v) is 3.51. The van der Waals surface area contributed by atoms with Crippen LogP contribution >= 0.6 is 34.2 Å². The predicted molar refractivity (Wildman–Crippen MR) is 73.0 cm³/mol. The summed E-state index contributed by atoms with van der Waals surface area (Å²) < 4.78 is 1.69. The van der Waals surface area contributed by atoms with E-state index in [1.54, 1.807) is 12.1 Å². The number of rotatable bonds is 5. The van der Waals surface area contributed by atoms with Gasteiger partial charge in [-0.15, -0.1) is 0 Å². The Balaban J connectivity index is 2.41. The first kappa shape index (κ1) is 14.2. The van der Waals surface area contributed by atoms with Gasteiger partial charge in [0, 0.05) is 0 Å². The van der Waals surface area contributed by atoms with Crippen molar-refractivity contribution in [2.75, 3.05) is 10.4 Å². The molecule has 0 heterocycles. The molecule has 6 heteroatoms. The Morgan fingerprint density at radius 3 is 2.50 bits per heavy atom. The van der Waals surface area contributed by atoms with Gasteiger partial charge in [0.05, 0.1) is 0 Å². The number of nitrogens with one attached hydrogen (secondary N) is 1. The Morgan fingerprint density at radius 2 is 1.94 bits per heavy atom. The molecule has 0 spiro atoms. The Bertz CT molecular complexity index is 383. The van der Waals surface area contributed by atoms with Crippen LogP contribution in [0.1, 0.15) is 10.4 Å². The molecular formula is C10H9ClINO2Sn. The number of carbonyl (C=O) groups is 2. The molecule has 3 nitrogen and oxygen atoms in total. The summed E-state index contributed by atoms with van der Waals surface area (Å²) in [6.45, 7) is 0. The van der Waals surface area contributed by atoms with Crippen LogP contribution < -0.4 is 5.32 Å². The molecule has 0 fully saturated rings. The van der Waals surface area contributed by atoms with E-state index >= 15 is 0 Å². The number of alkyl halides is 1.